The minimum Gasteiger partial charge on any atom is -0.458 e. The number of halogens is 1. The van der Waals surface area contributed by atoms with Gasteiger partial charge in [-0.1, -0.05) is 159 Å². The molecule has 11 nitrogen and oxygen atoms in total. The number of rotatable bonds is 18. The lowest BCUT2D eigenvalue weighted by Gasteiger charge is -2.50. The van der Waals surface area contributed by atoms with E-state index in [1.54, 1.807) is 0 Å². The van der Waals surface area contributed by atoms with Crippen LogP contribution in [0.1, 0.15) is 257 Å². The molecule has 12 heteroatoms. The number of aromatic nitrogens is 1. The average molecular weight is 1080 g/mol. The lowest BCUT2D eigenvalue weighted by Crippen LogP contribution is -2.50. The number of amides is 2. The second-order valence-corrected chi connectivity index (χ2v) is 29.1. The van der Waals surface area contributed by atoms with Crippen LogP contribution in [0.5, 0.6) is 0 Å². The van der Waals surface area contributed by atoms with Gasteiger partial charge in [0.15, 0.2) is 0 Å². The molecule has 4 unspecified atom stereocenters. The van der Waals surface area contributed by atoms with Crippen LogP contribution in [0, 0.1) is 73.9 Å². The van der Waals surface area contributed by atoms with Gasteiger partial charge in [0.2, 0.25) is 17.1 Å². The lowest BCUT2D eigenvalue weighted by atomic mass is 9.59. The first kappa shape index (κ1) is 64.8. The molecule has 2 heterocycles. The highest BCUT2D eigenvalue weighted by Crippen LogP contribution is 2.52. The normalized spacial score (nSPS) is 24.8. The van der Waals surface area contributed by atoms with Crippen molar-refractivity contribution in [3.05, 3.63) is 33.7 Å². The molecule has 4 rings (SSSR count). The number of carbonyl (C=O) groups is 5. The zero-order valence-electron chi connectivity index (χ0n) is 51.8. The molecular formula is C64H105ClN4O7. The molecule has 0 saturated heterocycles. The second kappa shape index (κ2) is 24.7. The minimum atomic E-state index is -0.980. The van der Waals surface area contributed by atoms with Crippen molar-refractivity contribution in [2.24, 2.45) is 78.9 Å². The predicted molar refractivity (Wildman–Crippen MR) is 313 cm³/mol. The average Bonchev–Trinajstić information content (AvgIpc) is 3.84. The molecular weight excluding hydrogens is 972 g/mol. The predicted octanol–water partition coefficient (Wildman–Crippen LogP) is 16.4. The van der Waals surface area contributed by atoms with Crippen molar-refractivity contribution in [1.29, 1.82) is 0 Å². The minimum absolute atomic E-state index is 0.0106. The van der Waals surface area contributed by atoms with Crippen molar-refractivity contribution in [1.82, 2.24) is 10.3 Å². The summed E-state index contributed by atoms with van der Waals surface area (Å²) in [6.07, 6.45) is 7.61. The van der Waals surface area contributed by atoms with Gasteiger partial charge in [0, 0.05) is 46.6 Å². The summed E-state index contributed by atoms with van der Waals surface area (Å²) in [7, 11) is 0. The van der Waals surface area contributed by atoms with Crippen molar-refractivity contribution in [3.63, 3.8) is 0 Å². The number of aromatic amines is 1. The summed E-state index contributed by atoms with van der Waals surface area (Å²) in [6, 6.07) is 0. The molecule has 0 bridgehead atoms. The van der Waals surface area contributed by atoms with E-state index in [0.717, 1.165) is 25.7 Å². The number of nitrogens with one attached hydrogen (secondary N) is 3. The third kappa shape index (κ3) is 14.4. The van der Waals surface area contributed by atoms with E-state index in [1.165, 1.54) is 0 Å². The van der Waals surface area contributed by atoms with Crippen LogP contribution in [0.2, 0.25) is 0 Å². The monoisotopic (exact) mass is 1080 g/mol. The van der Waals surface area contributed by atoms with Crippen LogP contribution < -0.4 is 10.6 Å². The Morgan fingerprint density at radius 3 is 1.37 bits per heavy atom. The standard InChI is InChI=1S/C64H105ClN4O7/c1-24-63(25-2,26-3)57(73)68-53-49(55(71)75-51-40(59(12,13)14)31-38(10)32-41(51)60(15,16)17)47(36(6)7)44(66-53)35-45-48(37(8)9)50(54(67-45)69-58(74)64(27-4,28-5)30-29-46(65)70)56(72)76-52-42(61(18,19)20)33-39(11)34-43(52)62(21,22)23/h35-43,51-52,66H,24-34H2,1-23H3,(H,68,73)(H,67,69,74). The molecule has 2 aliphatic carbocycles. The summed E-state index contributed by atoms with van der Waals surface area (Å²) in [6.45, 7) is 49.3. The van der Waals surface area contributed by atoms with E-state index in [2.05, 4.69) is 113 Å². The molecule has 0 radical (unpaired) electrons. The van der Waals surface area contributed by atoms with Gasteiger partial charge in [-0.2, -0.15) is 0 Å². The van der Waals surface area contributed by atoms with Gasteiger partial charge in [-0.15, -0.1) is 0 Å². The SMILES string of the molecule is CCC(CC)(CCC(=O)Cl)C(=O)NC1=NC(=Cc2[nH]c(NC(=O)C(CC)(CC)CC)c(C(=O)OC3C(C(C)(C)C)CC(C)CC3C(C)(C)C)c2C(C)C)C(C(C)C)=C1C(=O)OC1C(C(C)(C)C)CC(C)CC1C(C)(C)C. The zero-order chi connectivity index (χ0) is 58.0. The molecule has 2 fully saturated rings. The lowest BCUT2D eigenvalue weighted by molar-refractivity contribution is -0.164. The summed E-state index contributed by atoms with van der Waals surface area (Å²) in [5.41, 5.74) is 0.286. The highest BCUT2D eigenvalue weighted by Gasteiger charge is 2.51. The number of hydrogen-bond acceptors (Lipinski definition) is 8. The van der Waals surface area contributed by atoms with E-state index < -0.39 is 34.1 Å². The molecule has 430 valence electrons. The summed E-state index contributed by atoms with van der Waals surface area (Å²) in [4.78, 5) is 81.5. The fourth-order valence-electron chi connectivity index (χ4n) is 13.4. The van der Waals surface area contributed by atoms with Gasteiger partial charge in [-0.25, -0.2) is 14.6 Å². The summed E-state index contributed by atoms with van der Waals surface area (Å²) >= 11 is 5.89. The molecule has 76 heavy (non-hydrogen) atoms. The number of ether oxygens (including phenoxy) is 2. The molecule has 2 amide bonds. The summed E-state index contributed by atoms with van der Waals surface area (Å²) < 4.78 is 13.9. The number of amidine groups is 1. The molecule has 1 aromatic rings. The molecule has 1 aliphatic heterocycles. The van der Waals surface area contributed by atoms with Crippen molar-refractivity contribution in [2.45, 2.75) is 248 Å². The first-order valence-electron chi connectivity index (χ1n) is 29.4. The summed E-state index contributed by atoms with van der Waals surface area (Å²) in [5.74, 6) is -0.661. The van der Waals surface area contributed by atoms with Crippen LogP contribution in [0.3, 0.4) is 0 Å². The number of H-pyrrole nitrogens is 1. The molecule has 2 saturated carbocycles. The summed E-state index contributed by atoms with van der Waals surface area (Å²) in [5, 5.41) is 5.85. The van der Waals surface area contributed by atoms with E-state index in [1.807, 2.05) is 68.4 Å². The first-order chi connectivity index (χ1) is 34.9. The van der Waals surface area contributed by atoms with Crippen LogP contribution >= 0.6 is 11.6 Å². The topological polar surface area (TPSA) is 156 Å². The fraction of sp³-hybridized carbons (Fsp3) is 0.781. The van der Waals surface area contributed by atoms with E-state index in [0.29, 0.717) is 66.5 Å². The number of allylic oxidation sites excluding steroid dienone is 1. The largest absolute Gasteiger partial charge is 0.458 e. The zero-order valence-corrected chi connectivity index (χ0v) is 52.6. The van der Waals surface area contributed by atoms with Crippen LogP contribution in [0.4, 0.5) is 5.82 Å². The van der Waals surface area contributed by atoms with E-state index >= 15 is 9.59 Å². The maximum atomic E-state index is 15.6. The number of carbonyl (C=O) groups excluding carboxylic acids is 5. The Kier molecular flexibility index (Phi) is 21.1. The van der Waals surface area contributed by atoms with E-state index in [4.69, 9.17) is 26.1 Å². The Hall–Kier alpha value is -3.73. The number of esters is 2. The molecule has 1 aromatic heterocycles. The smallest absolute Gasteiger partial charge is 0.342 e. The van der Waals surface area contributed by atoms with Crippen molar-refractivity contribution in [3.8, 4) is 0 Å². The van der Waals surface area contributed by atoms with Crippen molar-refractivity contribution >= 4 is 58.3 Å². The van der Waals surface area contributed by atoms with Crippen molar-refractivity contribution < 1.29 is 33.4 Å². The van der Waals surface area contributed by atoms with Gasteiger partial charge in [0.25, 0.3) is 0 Å². The van der Waals surface area contributed by atoms with Crippen LogP contribution in [-0.2, 0) is 28.7 Å². The molecule has 3 aliphatic rings. The quantitative estimate of drug-likeness (QED) is 0.0976. The van der Waals surface area contributed by atoms with Gasteiger partial charge in [0.1, 0.15) is 35.0 Å². The van der Waals surface area contributed by atoms with Crippen molar-refractivity contribution in [2.75, 3.05) is 5.32 Å². The number of anilines is 1. The molecule has 4 atom stereocenters. The first-order valence-corrected chi connectivity index (χ1v) is 29.8. The van der Waals surface area contributed by atoms with Gasteiger partial charge < -0.3 is 25.1 Å². The Bertz CT molecular complexity index is 2290. The van der Waals surface area contributed by atoms with Crippen LogP contribution in [0.15, 0.2) is 21.8 Å². The molecule has 0 spiro atoms. The van der Waals surface area contributed by atoms with E-state index in [-0.39, 0.29) is 111 Å². The highest BCUT2D eigenvalue weighted by molar-refractivity contribution is 6.63. The second-order valence-electron chi connectivity index (χ2n) is 28.7. The van der Waals surface area contributed by atoms with Gasteiger partial charge >= 0.3 is 11.9 Å². The third-order valence-electron chi connectivity index (χ3n) is 18.7. The van der Waals surface area contributed by atoms with Gasteiger partial charge in [-0.3, -0.25) is 14.4 Å². The van der Waals surface area contributed by atoms with Crippen LogP contribution in [0.25, 0.3) is 6.08 Å². The third-order valence-corrected chi connectivity index (χ3v) is 18.9. The number of hydrogen-bond donors (Lipinski definition) is 3. The van der Waals surface area contributed by atoms with Gasteiger partial charge in [0.05, 0.1) is 5.70 Å². The highest BCUT2D eigenvalue weighted by atomic mass is 35.5. The van der Waals surface area contributed by atoms with E-state index in [9.17, 15) is 14.4 Å². The number of aliphatic imine (C=N–C) groups is 1. The van der Waals surface area contributed by atoms with Gasteiger partial charge in [-0.05, 0) is 138 Å². The van der Waals surface area contributed by atoms with Crippen LogP contribution in [-0.4, -0.2) is 52.0 Å². The fourth-order valence-corrected chi connectivity index (χ4v) is 13.5. The maximum Gasteiger partial charge on any atom is 0.342 e. The Balaban J connectivity index is 2.11. The maximum absolute atomic E-state index is 15.6. The Morgan fingerprint density at radius 2 is 1.01 bits per heavy atom. The molecule has 0 aromatic carbocycles. The number of nitrogens with zero attached hydrogens (tertiary/aromatic N) is 1. The molecule has 3 N–H and O–H groups in total. The Morgan fingerprint density at radius 1 is 0.618 bits per heavy atom. The Labute approximate surface area is 465 Å².